The summed E-state index contributed by atoms with van der Waals surface area (Å²) < 4.78 is 11.8. The van der Waals surface area contributed by atoms with E-state index in [1.807, 2.05) is 12.1 Å². The van der Waals surface area contributed by atoms with Crippen LogP contribution in [0.4, 0.5) is 0 Å². The summed E-state index contributed by atoms with van der Waals surface area (Å²) in [4.78, 5) is 0. The minimum atomic E-state index is 0.555. The molecule has 4 heteroatoms. The lowest BCUT2D eigenvalue weighted by Gasteiger charge is -2.17. The third-order valence-electron chi connectivity index (χ3n) is 3.32. The Bertz CT molecular complexity index is 327. The van der Waals surface area contributed by atoms with Crippen LogP contribution >= 0.6 is 15.9 Å². The summed E-state index contributed by atoms with van der Waals surface area (Å²) in [6, 6.07) is 3.82. The molecular formula is C12H18BrNO2. The van der Waals surface area contributed by atoms with Gasteiger partial charge in [-0.25, -0.2) is 0 Å². The largest absolute Gasteiger partial charge is 0.452 e. The molecule has 90 valence electrons. The zero-order valence-corrected chi connectivity index (χ0v) is 10.9. The summed E-state index contributed by atoms with van der Waals surface area (Å²) in [5.41, 5.74) is 5.73. The second kappa shape index (κ2) is 5.84. The Labute approximate surface area is 104 Å². The number of furan rings is 1. The van der Waals surface area contributed by atoms with Crippen LogP contribution < -0.4 is 5.73 Å². The van der Waals surface area contributed by atoms with E-state index >= 15 is 0 Å². The van der Waals surface area contributed by atoms with E-state index in [0.29, 0.717) is 18.4 Å². The van der Waals surface area contributed by atoms with Crippen molar-refractivity contribution >= 4 is 15.9 Å². The first-order valence-electron chi connectivity index (χ1n) is 5.81. The van der Waals surface area contributed by atoms with Gasteiger partial charge in [-0.3, -0.25) is 0 Å². The van der Waals surface area contributed by atoms with Crippen LogP contribution in [0.1, 0.15) is 25.0 Å². The molecule has 2 unspecified atom stereocenters. The van der Waals surface area contributed by atoms with Crippen molar-refractivity contribution in [1.29, 1.82) is 0 Å². The Kier molecular flexibility index (Phi) is 4.44. The first kappa shape index (κ1) is 12.1. The average molecular weight is 288 g/mol. The van der Waals surface area contributed by atoms with E-state index < -0.39 is 0 Å². The van der Waals surface area contributed by atoms with E-state index in [9.17, 15) is 0 Å². The number of nitrogens with two attached hydrogens (primary N) is 1. The van der Waals surface area contributed by atoms with E-state index in [1.54, 1.807) is 0 Å². The van der Waals surface area contributed by atoms with Crippen molar-refractivity contribution in [2.75, 3.05) is 13.2 Å². The summed E-state index contributed by atoms with van der Waals surface area (Å²) in [6.07, 6.45) is 3.81. The van der Waals surface area contributed by atoms with Gasteiger partial charge in [0.05, 0.1) is 6.61 Å². The highest BCUT2D eigenvalue weighted by atomic mass is 79.9. The van der Waals surface area contributed by atoms with Gasteiger partial charge < -0.3 is 14.9 Å². The van der Waals surface area contributed by atoms with E-state index in [1.165, 1.54) is 19.3 Å². The molecule has 0 aromatic carbocycles. The molecule has 2 atom stereocenters. The highest BCUT2D eigenvalue weighted by molar-refractivity contribution is 9.10. The summed E-state index contributed by atoms with van der Waals surface area (Å²) in [5, 5.41) is 0. The second-order valence-electron chi connectivity index (χ2n) is 4.41. The lowest BCUT2D eigenvalue weighted by molar-refractivity contribution is 0.0645. The van der Waals surface area contributed by atoms with Gasteiger partial charge in [0.15, 0.2) is 4.67 Å². The fourth-order valence-corrected chi connectivity index (χ4v) is 2.72. The Balaban J connectivity index is 1.71. The molecule has 2 N–H and O–H groups in total. The smallest absolute Gasteiger partial charge is 0.169 e. The van der Waals surface area contributed by atoms with E-state index in [-0.39, 0.29) is 0 Å². The molecular weight excluding hydrogens is 270 g/mol. The van der Waals surface area contributed by atoms with Gasteiger partial charge >= 0.3 is 0 Å². The van der Waals surface area contributed by atoms with Crippen LogP contribution in [0.15, 0.2) is 21.2 Å². The van der Waals surface area contributed by atoms with Crippen LogP contribution in [0.5, 0.6) is 0 Å². The third kappa shape index (κ3) is 3.09. The molecule has 0 spiro atoms. The first-order valence-corrected chi connectivity index (χ1v) is 6.61. The number of rotatable bonds is 5. The topological polar surface area (TPSA) is 48.4 Å². The normalized spacial score (nSPS) is 25.1. The summed E-state index contributed by atoms with van der Waals surface area (Å²) in [6.45, 7) is 2.15. The van der Waals surface area contributed by atoms with Crippen molar-refractivity contribution in [1.82, 2.24) is 0 Å². The van der Waals surface area contributed by atoms with Crippen molar-refractivity contribution in [3.05, 3.63) is 22.6 Å². The van der Waals surface area contributed by atoms with Crippen molar-refractivity contribution in [3.63, 3.8) is 0 Å². The summed E-state index contributed by atoms with van der Waals surface area (Å²) in [7, 11) is 0. The summed E-state index contributed by atoms with van der Waals surface area (Å²) in [5.74, 6) is 2.17. The maximum Gasteiger partial charge on any atom is 0.169 e. The van der Waals surface area contributed by atoms with Gasteiger partial charge in [-0.05, 0) is 59.3 Å². The van der Waals surface area contributed by atoms with Crippen molar-refractivity contribution < 1.29 is 9.15 Å². The van der Waals surface area contributed by atoms with Gasteiger partial charge in [-0.15, -0.1) is 0 Å². The van der Waals surface area contributed by atoms with E-state index in [4.69, 9.17) is 14.9 Å². The zero-order chi connectivity index (χ0) is 11.4. The highest BCUT2D eigenvalue weighted by Gasteiger charge is 2.25. The molecule has 3 nitrogen and oxygen atoms in total. The van der Waals surface area contributed by atoms with Crippen LogP contribution in [0, 0.1) is 11.8 Å². The van der Waals surface area contributed by atoms with Crippen LogP contribution in [-0.2, 0) is 11.3 Å². The van der Waals surface area contributed by atoms with Crippen molar-refractivity contribution in [2.45, 2.75) is 25.9 Å². The van der Waals surface area contributed by atoms with Gasteiger partial charge in [0.1, 0.15) is 12.4 Å². The van der Waals surface area contributed by atoms with Gasteiger partial charge in [-0.1, -0.05) is 6.42 Å². The number of hydrogen-bond donors (Lipinski definition) is 1. The fraction of sp³-hybridized carbons (Fsp3) is 0.667. The number of hydrogen-bond acceptors (Lipinski definition) is 3. The highest BCUT2D eigenvalue weighted by Crippen LogP contribution is 2.31. The molecule has 1 aliphatic carbocycles. The number of halogens is 1. The van der Waals surface area contributed by atoms with Crippen molar-refractivity contribution in [3.8, 4) is 0 Å². The number of ether oxygens (including phenoxy) is 1. The maximum atomic E-state index is 5.73. The zero-order valence-electron chi connectivity index (χ0n) is 9.32. The predicted octanol–water partition coefficient (Wildman–Crippen LogP) is 2.93. The molecule has 1 saturated carbocycles. The molecule has 0 radical (unpaired) electrons. The summed E-state index contributed by atoms with van der Waals surface area (Å²) >= 11 is 3.27. The Morgan fingerprint density at radius 2 is 2.19 bits per heavy atom. The fourth-order valence-electron chi connectivity index (χ4n) is 2.38. The standard InChI is InChI=1S/C12H18BrNO2/c13-12-5-4-11(16-12)8-15-7-10-3-1-2-9(10)6-14/h4-5,9-10H,1-3,6-8,14H2. The molecule has 0 saturated heterocycles. The Morgan fingerprint density at radius 1 is 1.38 bits per heavy atom. The Morgan fingerprint density at radius 3 is 2.88 bits per heavy atom. The molecule has 16 heavy (non-hydrogen) atoms. The SMILES string of the molecule is NCC1CCCC1COCc1ccc(Br)o1. The average Bonchev–Trinajstić information content (AvgIpc) is 2.87. The third-order valence-corrected chi connectivity index (χ3v) is 3.75. The lowest BCUT2D eigenvalue weighted by atomic mass is 9.97. The van der Waals surface area contributed by atoms with Crippen molar-refractivity contribution in [2.24, 2.45) is 17.6 Å². The van der Waals surface area contributed by atoms with E-state index in [0.717, 1.165) is 23.6 Å². The molecule has 1 heterocycles. The van der Waals surface area contributed by atoms with Gasteiger partial charge in [-0.2, -0.15) is 0 Å². The first-order chi connectivity index (χ1) is 7.79. The molecule has 1 fully saturated rings. The van der Waals surface area contributed by atoms with Crippen LogP contribution in [0.3, 0.4) is 0 Å². The monoisotopic (exact) mass is 287 g/mol. The minimum Gasteiger partial charge on any atom is -0.452 e. The van der Waals surface area contributed by atoms with Gasteiger partial charge in [0.25, 0.3) is 0 Å². The molecule has 0 amide bonds. The van der Waals surface area contributed by atoms with E-state index in [2.05, 4.69) is 15.9 Å². The molecule has 1 aromatic heterocycles. The maximum absolute atomic E-state index is 5.73. The molecule has 1 aromatic rings. The van der Waals surface area contributed by atoms with Crippen LogP contribution in [-0.4, -0.2) is 13.2 Å². The second-order valence-corrected chi connectivity index (χ2v) is 5.19. The molecule has 2 rings (SSSR count). The molecule has 1 aliphatic rings. The minimum absolute atomic E-state index is 0.555. The van der Waals surface area contributed by atoms with Crippen LogP contribution in [0.25, 0.3) is 0 Å². The quantitative estimate of drug-likeness (QED) is 0.906. The molecule has 0 bridgehead atoms. The Hall–Kier alpha value is -0.320. The predicted molar refractivity (Wildman–Crippen MR) is 65.9 cm³/mol. The lowest BCUT2D eigenvalue weighted by Crippen LogP contribution is -2.22. The van der Waals surface area contributed by atoms with Crippen LogP contribution in [0.2, 0.25) is 0 Å². The van der Waals surface area contributed by atoms with Gasteiger partial charge in [0, 0.05) is 0 Å². The van der Waals surface area contributed by atoms with Gasteiger partial charge in [0.2, 0.25) is 0 Å². The molecule has 0 aliphatic heterocycles.